The second-order valence-corrected chi connectivity index (χ2v) is 5.34. The van der Waals surface area contributed by atoms with Crippen LogP contribution in [0.4, 0.5) is 5.69 Å². The fourth-order valence-corrected chi connectivity index (χ4v) is 2.92. The molecule has 0 radical (unpaired) electrons. The third-order valence-corrected chi connectivity index (χ3v) is 3.96. The van der Waals surface area contributed by atoms with E-state index in [0.717, 1.165) is 29.7 Å². The Kier molecular flexibility index (Phi) is 3.16. The lowest BCUT2D eigenvalue weighted by Gasteiger charge is -2.32. The molecule has 1 amide bonds. The van der Waals surface area contributed by atoms with Gasteiger partial charge in [0.25, 0.3) is 5.91 Å². The first-order valence-corrected chi connectivity index (χ1v) is 6.69. The number of likely N-dealkylation sites (tertiary alicyclic amines) is 1. The Bertz CT molecular complexity index is 491. The molecule has 2 heterocycles. The summed E-state index contributed by atoms with van der Waals surface area (Å²) in [4.78, 5) is 14.4. The van der Waals surface area contributed by atoms with Crippen LogP contribution < -0.4 is 11.3 Å². The maximum Gasteiger partial charge on any atom is 0.254 e. The van der Waals surface area contributed by atoms with Crippen LogP contribution in [0.2, 0.25) is 0 Å². The summed E-state index contributed by atoms with van der Waals surface area (Å²) < 4.78 is 5.75. The molecular weight excluding hydrogens is 242 g/mol. The molecule has 2 atom stereocenters. The lowest BCUT2D eigenvalue weighted by molar-refractivity contribution is -0.0303. The molecule has 19 heavy (non-hydrogen) atoms. The van der Waals surface area contributed by atoms with Crippen LogP contribution in [0.25, 0.3) is 0 Å². The molecule has 3 N–H and O–H groups in total. The minimum Gasteiger partial charge on any atom is -0.371 e. The van der Waals surface area contributed by atoms with Crippen LogP contribution in [0.5, 0.6) is 0 Å². The van der Waals surface area contributed by atoms with Crippen molar-refractivity contribution >= 4 is 11.6 Å². The lowest BCUT2D eigenvalue weighted by atomic mass is 10.1. The molecule has 0 spiro atoms. The summed E-state index contributed by atoms with van der Waals surface area (Å²) in [6.45, 7) is 3.37. The van der Waals surface area contributed by atoms with E-state index in [1.807, 2.05) is 30.0 Å². The third kappa shape index (κ3) is 2.31. The summed E-state index contributed by atoms with van der Waals surface area (Å²) in [5.74, 6) is 5.49. The molecule has 2 fully saturated rings. The number of morpholine rings is 1. The standard InChI is InChI=1S/C14H19N3O2/c1-9-6-10(2-5-13(9)16-15)14(18)17-7-11-3-4-12(8-17)19-11/h2,5-6,11-12,16H,3-4,7-8,15H2,1H3. The summed E-state index contributed by atoms with van der Waals surface area (Å²) >= 11 is 0. The number of carbonyl (C=O) groups excluding carboxylic acids is 1. The molecule has 1 aromatic rings. The number of aryl methyl sites for hydroxylation is 1. The van der Waals surface area contributed by atoms with E-state index in [-0.39, 0.29) is 18.1 Å². The molecule has 5 heteroatoms. The van der Waals surface area contributed by atoms with Gasteiger partial charge < -0.3 is 15.1 Å². The number of hydrazine groups is 1. The zero-order valence-corrected chi connectivity index (χ0v) is 11.1. The number of nitrogens with zero attached hydrogens (tertiary/aromatic N) is 1. The Morgan fingerprint density at radius 2 is 2.05 bits per heavy atom. The number of fused-ring (bicyclic) bond motifs is 2. The van der Waals surface area contributed by atoms with Crippen molar-refractivity contribution < 1.29 is 9.53 Å². The number of nitrogens with two attached hydrogens (primary N) is 1. The van der Waals surface area contributed by atoms with Crippen molar-refractivity contribution in [3.05, 3.63) is 29.3 Å². The molecule has 0 aromatic heterocycles. The van der Waals surface area contributed by atoms with Crippen LogP contribution in [-0.2, 0) is 4.74 Å². The van der Waals surface area contributed by atoms with Gasteiger partial charge >= 0.3 is 0 Å². The fraction of sp³-hybridized carbons (Fsp3) is 0.500. The Labute approximate surface area is 112 Å². The number of nitrogen functional groups attached to an aromatic ring is 1. The molecule has 1 aromatic carbocycles. The number of hydrogen-bond donors (Lipinski definition) is 2. The summed E-state index contributed by atoms with van der Waals surface area (Å²) in [6.07, 6.45) is 2.61. The van der Waals surface area contributed by atoms with Crippen molar-refractivity contribution in [2.45, 2.75) is 32.0 Å². The summed E-state index contributed by atoms with van der Waals surface area (Å²) in [5, 5.41) is 0. The van der Waals surface area contributed by atoms with Gasteiger partial charge in [-0.3, -0.25) is 10.6 Å². The van der Waals surface area contributed by atoms with Gasteiger partial charge in [-0.1, -0.05) is 0 Å². The smallest absolute Gasteiger partial charge is 0.254 e. The minimum absolute atomic E-state index is 0.0897. The largest absolute Gasteiger partial charge is 0.371 e. The predicted molar refractivity (Wildman–Crippen MR) is 72.8 cm³/mol. The summed E-state index contributed by atoms with van der Waals surface area (Å²) in [7, 11) is 0. The van der Waals surface area contributed by atoms with Crippen LogP contribution >= 0.6 is 0 Å². The maximum atomic E-state index is 12.5. The molecular formula is C14H19N3O2. The Hall–Kier alpha value is -1.59. The fourth-order valence-electron chi connectivity index (χ4n) is 2.92. The highest BCUT2D eigenvalue weighted by Gasteiger charge is 2.35. The highest BCUT2D eigenvalue weighted by atomic mass is 16.5. The van der Waals surface area contributed by atoms with Crippen LogP contribution in [0.15, 0.2) is 18.2 Å². The number of ether oxygens (including phenoxy) is 1. The summed E-state index contributed by atoms with van der Waals surface area (Å²) in [5.41, 5.74) is 5.16. The van der Waals surface area contributed by atoms with Gasteiger partial charge in [0, 0.05) is 18.7 Å². The SMILES string of the molecule is Cc1cc(C(=O)N2CC3CCC(C2)O3)ccc1NN. The highest BCUT2D eigenvalue weighted by Crippen LogP contribution is 2.27. The van der Waals surface area contributed by atoms with Crippen molar-refractivity contribution in [3.8, 4) is 0 Å². The average Bonchev–Trinajstić information content (AvgIpc) is 2.76. The Balaban J connectivity index is 1.78. The van der Waals surface area contributed by atoms with Gasteiger partial charge in [0.15, 0.2) is 0 Å². The summed E-state index contributed by atoms with van der Waals surface area (Å²) in [6, 6.07) is 5.55. The number of carbonyl (C=O) groups is 1. The van der Waals surface area contributed by atoms with Crippen molar-refractivity contribution in [3.63, 3.8) is 0 Å². The zero-order valence-electron chi connectivity index (χ0n) is 11.1. The molecule has 102 valence electrons. The van der Waals surface area contributed by atoms with E-state index in [1.165, 1.54) is 0 Å². The van der Waals surface area contributed by atoms with E-state index in [2.05, 4.69) is 5.43 Å². The van der Waals surface area contributed by atoms with E-state index in [1.54, 1.807) is 0 Å². The minimum atomic E-state index is 0.0897. The average molecular weight is 261 g/mol. The molecule has 2 saturated heterocycles. The molecule has 3 rings (SSSR count). The topological polar surface area (TPSA) is 67.6 Å². The molecule has 5 nitrogen and oxygen atoms in total. The van der Waals surface area contributed by atoms with E-state index >= 15 is 0 Å². The van der Waals surface area contributed by atoms with Gasteiger partial charge in [0.05, 0.1) is 17.9 Å². The van der Waals surface area contributed by atoms with E-state index < -0.39 is 0 Å². The highest BCUT2D eigenvalue weighted by molar-refractivity contribution is 5.95. The van der Waals surface area contributed by atoms with E-state index in [0.29, 0.717) is 13.1 Å². The zero-order chi connectivity index (χ0) is 13.4. The first-order chi connectivity index (χ1) is 9.17. The van der Waals surface area contributed by atoms with Gasteiger partial charge in [-0.05, 0) is 43.5 Å². The number of anilines is 1. The number of amides is 1. The number of benzene rings is 1. The van der Waals surface area contributed by atoms with Crippen molar-refractivity contribution in [1.29, 1.82) is 0 Å². The number of hydrogen-bond acceptors (Lipinski definition) is 4. The molecule has 0 aliphatic carbocycles. The Morgan fingerprint density at radius 3 is 2.63 bits per heavy atom. The van der Waals surface area contributed by atoms with Crippen LogP contribution in [0.1, 0.15) is 28.8 Å². The van der Waals surface area contributed by atoms with Crippen LogP contribution in [-0.4, -0.2) is 36.1 Å². The quantitative estimate of drug-likeness (QED) is 0.621. The second kappa shape index (κ2) is 4.83. The van der Waals surface area contributed by atoms with Gasteiger partial charge in [0.1, 0.15) is 0 Å². The second-order valence-electron chi connectivity index (χ2n) is 5.34. The molecule has 2 aliphatic rings. The van der Waals surface area contributed by atoms with Gasteiger partial charge in [-0.2, -0.15) is 0 Å². The molecule has 2 unspecified atom stereocenters. The number of rotatable bonds is 2. The van der Waals surface area contributed by atoms with Crippen molar-refractivity contribution in [2.75, 3.05) is 18.5 Å². The third-order valence-electron chi connectivity index (χ3n) is 3.96. The van der Waals surface area contributed by atoms with Crippen LogP contribution in [0, 0.1) is 6.92 Å². The van der Waals surface area contributed by atoms with Crippen LogP contribution in [0.3, 0.4) is 0 Å². The van der Waals surface area contributed by atoms with Gasteiger partial charge in [0.2, 0.25) is 0 Å². The van der Waals surface area contributed by atoms with Gasteiger partial charge in [-0.15, -0.1) is 0 Å². The van der Waals surface area contributed by atoms with Crippen molar-refractivity contribution in [2.24, 2.45) is 5.84 Å². The normalized spacial score (nSPS) is 25.5. The van der Waals surface area contributed by atoms with Crippen molar-refractivity contribution in [1.82, 2.24) is 4.90 Å². The molecule has 2 bridgehead atoms. The first-order valence-electron chi connectivity index (χ1n) is 6.69. The number of nitrogens with one attached hydrogen (secondary N) is 1. The van der Waals surface area contributed by atoms with E-state index in [4.69, 9.17) is 10.6 Å². The first kappa shape index (κ1) is 12.4. The maximum absolute atomic E-state index is 12.5. The monoisotopic (exact) mass is 261 g/mol. The lowest BCUT2D eigenvalue weighted by Crippen LogP contribution is -2.45. The van der Waals surface area contributed by atoms with E-state index in [9.17, 15) is 4.79 Å². The molecule has 0 saturated carbocycles. The predicted octanol–water partition coefficient (Wildman–Crippen LogP) is 1.28. The van der Waals surface area contributed by atoms with Gasteiger partial charge in [-0.25, -0.2) is 0 Å². The molecule has 2 aliphatic heterocycles. The Morgan fingerprint density at radius 1 is 1.37 bits per heavy atom.